The first-order valence-corrected chi connectivity index (χ1v) is 15.7. The molecule has 2 N–H and O–H groups in total. The highest BCUT2D eigenvalue weighted by molar-refractivity contribution is 7.99. The van der Waals surface area contributed by atoms with Gasteiger partial charge in [-0.2, -0.15) is 11.8 Å². The van der Waals surface area contributed by atoms with E-state index in [1.807, 2.05) is 0 Å². The summed E-state index contributed by atoms with van der Waals surface area (Å²) in [7, 11) is -7.36. The van der Waals surface area contributed by atoms with Crippen molar-refractivity contribution in [2.24, 2.45) is 0 Å². The quantitative estimate of drug-likeness (QED) is 0.159. The molecule has 0 bridgehead atoms. The van der Waals surface area contributed by atoms with Crippen LogP contribution in [0.15, 0.2) is 0 Å². The van der Waals surface area contributed by atoms with Crippen molar-refractivity contribution in [2.75, 3.05) is 30.9 Å². The molecule has 0 radical (unpaired) electrons. The summed E-state index contributed by atoms with van der Waals surface area (Å²) >= 11 is 1.64. The first kappa shape index (κ1) is 28.6. The van der Waals surface area contributed by atoms with Crippen molar-refractivity contribution in [3.63, 3.8) is 0 Å². The molecule has 2 unspecified atom stereocenters. The van der Waals surface area contributed by atoms with Crippen LogP contribution in [0.4, 0.5) is 0 Å². The Kier molecular flexibility index (Phi) is 17.7. The van der Waals surface area contributed by atoms with Gasteiger partial charge in [-0.05, 0) is 18.6 Å². The largest absolute Gasteiger partial charge is 0.328 e. The molecule has 28 heavy (non-hydrogen) atoms. The Balaban J connectivity index is 4.29. The van der Waals surface area contributed by atoms with E-state index in [-0.39, 0.29) is 12.8 Å². The molecule has 0 amide bonds. The van der Waals surface area contributed by atoms with E-state index < -0.39 is 21.3 Å². The molecule has 6 nitrogen and oxygen atoms in total. The van der Waals surface area contributed by atoms with Crippen LogP contribution in [0.5, 0.6) is 0 Å². The second kappa shape index (κ2) is 17.3. The summed E-state index contributed by atoms with van der Waals surface area (Å²) in [6, 6.07) is 0. The molecule has 0 fully saturated rings. The van der Waals surface area contributed by atoms with Gasteiger partial charge < -0.3 is 18.8 Å². The molecule has 0 aliphatic heterocycles. The van der Waals surface area contributed by atoms with Crippen LogP contribution in [-0.2, 0) is 18.2 Å². The number of hydrogen-bond acceptors (Lipinski definition) is 5. The summed E-state index contributed by atoms with van der Waals surface area (Å²) in [6.07, 6.45) is 11.6. The summed E-state index contributed by atoms with van der Waals surface area (Å²) in [5.74, 6) is 1.43. The first-order valence-electron chi connectivity index (χ1n) is 10.7. The third-order valence-corrected chi connectivity index (χ3v) is 7.63. The molecule has 9 heteroatoms. The standard InChI is InChI=1S/C19H42O6P2S/c1-4-6-8-10-11-13-15-27(22,23)25-19(17-24-26(3,20)21)18-28-16-14-12-9-7-5-2/h19H,4-18H2,1-3H3,(H,20,21)(H,22,23)/t19-/m0/s1. The van der Waals surface area contributed by atoms with E-state index in [4.69, 9.17) is 9.05 Å². The molecule has 0 saturated heterocycles. The van der Waals surface area contributed by atoms with Crippen LogP contribution in [0.1, 0.15) is 84.5 Å². The Hall–Kier alpha value is 0.650. The second-order valence-corrected chi connectivity index (χ2v) is 12.4. The minimum absolute atomic E-state index is 0.125. The topological polar surface area (TPSA) is 93.1 Å². The van der Waals surface area contributed by atoms with Gasteiger partial charge in [0.2, 0.25) is 0 Å². The smallest absolute Gasteiger partial charge is 0.324 e. The van der Waals surface area contributed by atoms with Gasteiger partial charge in [0.1, 0.15) is 6.10 Å². The fraction of sp³-hybridized carbons (Fsp3) is 1.00. The van der Waals surface area contributed by atoms with Crippen molar-refractivity contribution >= 4 is 27.0 Å². The van der Waals surface area contributed by atoms with Gasteiger partial charge in [-0.1, -0.05) is 71.6 Å². The van der Waals surface area contributed by atoms with Gasteiger partial charge in [0.05, 0.1) is 6.61 Å². The summed E-state index contributed by atoms with van der Waals surface area (Å²) in [5, 5.41) is 0. The van der Waals surface area contributed by atoms with Crippen molar-refractivity contribution in [1.29, 1.82) is 0 Å². The molecule has 0 aromatic carbocycles. The lowest BCUT2D eigenvalue weighted by molar-refractivity contribution is 0.123. The van der Waals surface area contributed by atoms with Crippen molar-refractivity contribution in [3.8, 4) is 0 Å². The maximum atomic E-state index is 12.4. The van der Waals surface area contributed by atoms with Crippen molar-refractivity contribution in [1.82, 2.24) is 0 Å². The highest BCUT2D eigenvalue weighted by atomic mass is 32.2. The highest BCUT2D eigenvalue weighted by Crippen LogP contribution is 2.46. The van der Waals surface area contributed by atoms with E-state index in [1.54, 1.807) is 11.8 Å². The molecule has 0 saturated carbocycles. The van der Waals surface area contributed by atoms with E-state index >= 15 is 0 Å². The third-order valence-electron chi connectivity index (χ3n) is 4.30. The number of rotatable bonds is 20. The minimum atomic E-state index is -3.72. The maximum Gasteiger partial charge on any atom is 0.328 e. The normalized spacial score (nSPS) is 17.2. The predicted octanol–water partition coefficient (Wildman–Crippen LogP) is 6.45. The SMILES string of the molecule is CCCCCCCCP(=O)(O)O[C@@H](COP(C)(=O)O)CSCCCCCCC. The van der Waals surface area contributed by atoms with Crippen molar-refractivity contribution < 1.29 is 28.0 Å². The van der Waals surface area contributed by atoms with Crippen molar-refractivity contribution in [2.45, 2.75) is 90.6 Å². The fourth-order valence-corrected chi connectivity index (χ4v) is 5.61. The minimum Gasteiger partial charge on any atom is -0.324 e. The van der Waals surface area contributed by atoms with Crippen LogP contribution in [0.3, 0.4) is 0 Å². The lowest BCUT2D eigenvalue weighted by Gasteiger charge is -2.22. The Morgan fingerprint density at radius 1 is 0.857 bits per heavy atom. The molecule has 3 atom stereocenters. The maximum absolute atomic E-state index is 12.4. The average molecular weight is 461 g/mol. The van der Waals surface area contributed by atoms with E-state index in [9.17, 15) is 18.9 Å². The van der Waals surface area contributed by atoms with Crippen LogP contribution < -0.4 is 0 Å². The molecular weight excluding hydrogens is 418 g/mol. The van der Waals surface area contributed by atoms with Crippen LogP contribution >= 0.6 is 27.0 Å². The van der Waals surface area contributed by atoms with Crippen molar-refractivity contribution in [3.05, 3.63) is 0 Å². The molecule has 0 rings (SSSR count). The summed E-state index contributed by atoms with van der Waals surface area (Å²) in [6.45, 7) is 5.30. The van der Waals surface area contributed by atoms with Crippen LogP contribution in [0.25, 0.3) is 0 Å². The highest BCUT2D eigenvalue weighted by Gasteiger charge is 2.26. The Morgan fingerprint density at radius 2 is 1.39 bits per heavy atom. The average Bonchev–Trinajstić information content (AvgIpc) is 2.60. The lowest BCUT2D eigenvalue weighted by atomic mass is 10.1. The van der Waals surface area contributed by atoms with Gasteiger partial charge >= 0.3 is 15.2 Å². The van der Waals surface area contributed by atoms with Gasteiger partial charge in [-0.15, -0.1) is 0 Å². The van der Waals surface area contributed by atoms with E-state index in [0.717, 1.165) is 38.1 Å². The Bertz CT molecular complexity index is 458. The lowest BCUT2D eigenvalue weighted by Crippen LogP contribution is -2.22. The predicted molar refractivity (Wildman–Crippen MR) is 121 cm³/mol. The van der Waals surface area contributed by atoms with E-state index in [0.29, 0.717) is 12.2 Å². The van der Waals surface area contributed by atoms with Gasteiger partial charge in [-0.25, -0.2) is 0 Å². The zero-order valence-electron chi connectivity index (χ0n) is 18.0. The Labute approximate surface area is 176 Å². The third kappa shape index (κ3) is 19.9. The number of thioether (sulfide) groups is 1. The van der Waals surface area contributed by atoms with Crippen LogP contribution in [0, 0.1) is 0 Å². The summed E-state index contributed by atoms with van der Waals surface area (Å²) < 4.78 is 34.2. The van der Waals surface area contributed by atoms with Crippen LogP contribution in [0.2, 0.25) is 0 Å². The molecule has 0 aromatic heterocycles. The zero-order chi connectivity index (χ0) is 21.3. The molecule has 0 aliphatic rings. The summed E-state index contributed by atoms with van der Waals surface area (Å²) in [4.78, 5) is 19.5. The number of hydrogen-bond donors (Lipinski definition) is 2. The van der Waals surface area contributed by atoms with E-state index in [2.05, 4.69) is 13.8 Å². The molecule has 0 heterocycles. The van der Waals surface area contributed by atoms with Gasteiger partial charge in [0.25, 0.3) is 0 Å². The summed E-state index contributed by atoms with van der Waals surface area (Å²) in [5.41, 5.74) is 0. The van der Waals surface area contributed by atoms with Gasteiger partial charge in [0.15, 0.2) is 0 Å². The zero-order valence-corrected chi connectivity index (χ0v) is 20.6. The molecular formula is C19H42O6P2S. The second-order valence-electron chi connectivity index (χ2n) is 7.44. The molecule has 0 aliphatic carbocycles. The monoisotopic (exact) mass is 460 g/mol. The fourth-order valence-electron chi connectivity index (χ4n) is 2.73. The molecule has 170 valence electrons. The van der Waals surface area contributed by atoms with Crippen LogP contribution in [-0.4, -0.2) is 46.8 Å². The first-order chi connectivity index (χ1) is 13.2. The molecule has 0 spiro atoms. The van der Waals surface area contributed by atoms with Gasteiger partial charge in [0, 0.05) is 18.6 Å². The number of unbranched alkanes of at least 4 members (excludes halogenated alkanes) is 9. The van der Waals surface area contributed by atoms with E-state index in [1.165, 1.54) is 38.5 Å². The van der Waals surface area contributed by atoms with Gasteiger partial charge in [-0.3, -0.25) is 9.13 Å². The Morgan fingerprint density at radius 3 is 1.96 bits per heavy atom. The molecule has 0 aromatic rings.